The predicted molar refractivity (Wildman–Crippen MR) is 106 cm³/mol. The van der Waals surface area contributed by atoms with Crippen LogP contribution in [0.4, 0.5) is 10.5 Å². The summed E-state index contributed by atoms with van der Waals surface area (Å²) in [4.78, 5) is 37.9. The van der Waals surface area contributed by atoms with E-state index in [1.807, 2.05) is 19.9 Å². The lowest BCUT2D eigenvalue weighted by atomic mass is 10.2. The minimum atomic E-state index is -0.470. The molecule has 0 unspecified atom stereocenters. The topological polar surface area (TPSA) is 90.5 Å². The van der Waals surface area contributed by atoms with E-state index in [2.05, 4.69) is 16.0 Å². The molecule has 0 aliphatic heterocycles. The molecule has 1 saturated carbocycles. The summed E-state index contributed by atoms with van der Waals surface area (Å²) in [6.45, 7) is 4.24. The van der Waals surface area contributed by atoms with Gasteiger partial charge in [0.1, 0.15) is 0 Å². The number of aryl methyl sites for hydroxylation is 1. The van der Waals surface area contributed by atoms with Crippen molar-refractivity contribution in [2.75, 3.05) is 25.0 Å². The fraction of sp³-hybridized carbons (Fsp3) is 0.526. The quantitative estimate of drug-likeness (QED) is 0.663. The minimum absolute atomic E-state index is 0.0312. The Morgan fingerprint density at radius 1 is 1.15 bits per heavy atom. The van der Waals surface area contributed by atoms with E-state index in [9.17, 15) is 14.4 Å². The zero-order valence-corrected chi connectivity index (χ0v) is 16.6. The number of rotatable bonds is 7. The number of benzene rings is 1. The highest BCUT2D eigenvalue weighted by Crippen LogP contribution is 2.20. The Balaban J connectivity index is 1.79. The Bertz CT molecular complexity index is 690. The Labute approximate surface area is 164 Å². The molecule has 1 aliphatic carbocycles. The molecule has 0 radical (unpaired) electrons. The SMILES string of the molecule is CCN(CC(=O)NC(=O)NC1CCCC1)CC(=O)Nc1cc(Cl)ccc1C. The molecule has 2 rings (SSSR count). The van der Waals surface area contributed by atoms with E-state index in [0.717, 1.165) is 31.2 Å². The largest absolute Gasteiger partial charge is 0.335 e. The Morgan fingerprint density at radius 3 is 2.48 bits per heavy atom. The summed E-state index contributed by atoms with van der Waals surface area (Å²) < 4.78 is 0. The molecule has 7 nitrogen and oxygen atoms in total. The van der Waals surface area contributed by atoms with Crippen molar-refractivity contribution in [2.24, 2.45) is 0 Å². The van der Waals surface area contributed by atoms with Crippen molar-refractivity contribution in [3.05, 3.63) is 28.8 Å². The normalized spacial score (nSPS) is 14.2. The monoisotopic (exact) mass is 394 g/mol. The zero-order chi connectivity index (χ0) is 19.8. The lowest BCUT2D eigenvalue weighted by Crippen LogP contribution is -2.48. The number of imide groups is 1. The highest BCUT2D eigenvalue weighted by Gasteiger charge is 2.19. The van der Waals surface area contributed by atoms with Crippen LogP contribution in [0.15, 0.2) is 18.2 Å². The summed E-state index contributed by atoms with van der Waals surface area (Å²) in [5.41, 5.74) is 1.54. The van der Waals surface area contributed by atoms with Crippen LogP contribution in [-0.2, 0) is 9.59 Å². The van der Waals surface area contributed by atoms with Gasteiger partial charge in [-0.25, -0.2) is 4.79 Å². The average Bonchev–Trinajstić information content (AvgIpc) is 3.10. The third-order valence-electron chi connectivity index (χ3n) is 4.60. The first-order valence-corrected chi connectivity index (χ1v) is 9.64. The standard InChI is InChI=1S/C19H27ClN4O3/c1-3-24(11-17(25)22-16-10-14(20)9-8-13(16)2)12-18(26)23-19(27)21-15-6-4-5-7-15/h8-10,15H,3-7,11-12H2,1-2H3,(H,22,25)(H2,21,23,26,27). The van der Waals surface area contributed by atoms with Gasteiger partial charge >= 0.3 is 6.03 Å². The first kappa shape index (κ1) is 21.2. The van der Waals surface area contributed by atoms with Crippen LogP contribution in [0, 0.1) is 6.92 Å². The highest BCUT2D eigenvalue weighted by atomic mass is 35.5. The molecule has 1 fully saturated rings. The van der Waals surface area contributed by atoms with Crippen LogP contribution in [0.2, 0.25) is 5.02 Å². The van der Waals surface area contributed by atoms with E-state index >= 15 is 0 Å². The van der Waals surface area contributed by atoms with Crippen molar-refractivity contribution in [2.45, 2.75) is 45.6 Å². The fourth-order valence-electron chi connectivity index (χ4n) is 3.06. The van der Waals surface area contributed by atoms with Crippen LogP contribution >= 0.6 is 11.6 Å². The molecule has 0 bridgehead atoms. The second kappa shape index (κ2) is 10.3. The highest BCUT2D eigenvalue weighted by molar-refractivity contribution is 6.31. The Morgan fingerprint density at radius 2 is 1.81 bits per heavy atom. The maximum atomic E-state index is 12.3. The van der Waals surface area contributed by atoms with E-state index in [1.165, 1.54) is 0 Å². The number of likely N-dealkylation sites (N-methyl/N-ethyl adjacent to an activating group) is 1. The maximum absolute atomic E-state index is 12.3. The van der Waals surface area contributed by atoms with Crippen molar-refractivity contribution < 1.29 is 14.4 Å². The molecule has 0 saturated heterocycles. The second-order valence-electron chi connectivity index (χ2n) is 6.81. The lowest BCUT2D eigenvalue weighted by Gasteiger charge is -2.20. The summed E-state index contributed by atoms with van der Waals surface area (Å²) in [6.07, 6.45) is 4.10. The van der Waals surface area contributed by atoms with Gasteiger partial charge < -0.3 is 10.6 Å². The van der Waals surface area contributed by atoms with Gasteiger partial charge in [0.15, 0.2) is 0 Å². The Hall–Kier alpha value is -2.12. The Kier molecular flexibility index (Phi) is 8.06. The van der Waals surface area contributed by atoms with Crippen LogP contribution in [0.3, 0.4) is 0 Å². The van der Waals surface area contributed by atoms with Gasteiger partial charge in [-0.3, -0.25) is 19.8 Å². The van der Waals surface area contributed by atoms with Gasteiger partial charge in [0.05, 0.1) is 13.1 Å². The number of anilines is 1. The van der Waals surface area contributed by atoms with Gasteiger partial charge in [-0.05, 0) is 44.0 Å². The van der Waals surface area contributed by atoms with Crippen molar-refractivity contribution in [3.63, 3.8) is 0 Å². The first-order valence-electron chi connectivity index (χ1n) is 9.26. The molecule has 27 heavy (non-hydrogen) atoms. The average molecular weight is 395 g/mol. The number of carbonyl (C=O) groups is 3. The van der Waals surface area contributed by atoms with Gasteiger partial charge in [0, 0.05) is 16.8 Å². The van der Waals surface area contributed by atoms with E-state index in [4.69, 9.17) is 11.6 Å². The molecule has 1 aromatic carbocycles. The molecule has 3 N–H and O–H groups in total. The first-order chi connectivity index (χ1) is 12.9. The molecule has 4 amide bonds. The summed E-state index contributed by atoms with van der Waals surface area (Å²) in [6, 6.07) is 4.94. The molecule has 1 aromatic rings. The number of carbonyl (C=O) groups excluding carboxylic acids is 3. The summed E-state index contributed by atoms with van der Waals surface area (Å²) >= 11 is 5.96. The third kappa shape index (κ3) is 7.19. The number of nitrogens with zero attached hydrogens (tertiary/aromatic N) is 1. The number of amides is 4. The van der Waals surface area contributed by atoms with E-state index in [-0.39, 0.29) is 25.0 Å². The lowest BCUT2D eigenvalue weighted by molar-refractivity contribution is -0.122. The van der Waals surface area contributed by atoms with Crippen molar-refractivity contribution in [1.82, 2.24) is 15.5 Å². The predicted octanol–water partition coefficient (Wildman–Crippen LogP) is 2.68. The van der Waals surface area contributed by atoms with E-state index < -0.39 is 11.9 Å². The van der Waals surface area contributed by atoms with Gasteiger partial charge in [-0.15, -0.1) is 0 Å². The number of halogens is 1. The number of nitrogens with one attached hydrogen (secondary N) is 3. The van der Waals surface area contributed by atoms with E-state index in [1.54, 1.807) is 17.0 Å². The van der Waals surface area contributed by atoms with Crippen molar-refractivity contribution >= 4 is 35.1 Å². The van der Waals surface area contributed by atoms with Crippen LogP contribution in [0.5, 0.6) is 0 Å². The zero-order valence-electron chi connectivity index (χ0n) is 15.8. The second-order valence-corrected chi connectivity index (χ2v) is 7.25. The molecule has 0 aromatic heterocycles. The molecule has 0 heterocycles. The number of hydrogen-bond donors (Lipinski definition) is 3. The van der Waals surface area contributed by atoms with E-state index in [0.29, 0.717) is 17.3 Å². The molecule has 0 spiro atoms. The van der Waals surface area contributed by atoms with Gasteiger partial charge in [-0.2, -0.15) is 0 Å². The van der Waals surface area contributed by atoms with Gasteiger partial charge in [0.25, 0.3) is 0 Å². The van der Waals surface area contributed by atoms with Gasteiger partial charge in [-0.1, -0.05) is 37.4 Å². The molecule has 8 heteroatoms. The van der Waals surface area contributed by atoms with Crippen molar-refractivity contribution in [1.29, 1.82) is 0 Å². The third-order valence-corrected chi connectivity index (χ3v) is 4.83. The van der Waals surface area contributed by atoms with Crippen molar-refractivity contribution in [3.8, 4) is 0 Å². The summed E-state index contributed by atoms with van der Waals surface area (Å²) in [5.74, 6) is -0.676. The molecular weight excluding hydrogens is 368 g/mol. The number of urea groups is 1. The van der Waals surface area contributed by atoms with Crippen LogP contribution < -0.4 is 16.0 Å². The molecular formula is C19H27ClN4O3. The molecule has 0 atom stereocenters. The van der Waals surface area contributed by atoms with Gasteiger partial charge in [0.2, 0.25) is 11.8 Å². The summed E-state index contributed by atoms with van der Waals surface area (Å²) in [5, 5.41) is 8.48. The maximum Gasteiger partial charge on any atom is 0.321 e. The van der Waals surface area contributed by atoms with Crippen LogP contribution in [0.25, 0.3) is 0 Å². The number of hydrogen-bond acceptors (Lipinski definition) is 4. The minimum Gasteiger partial charge on any atom is -0.335 e. The summed E-state index contributed by atoms with van der Waals surface area (Å²) in [7, 11) is 0. The molecule has 148 valence electrons. The molecule has 1 aliphatic rings. The van der Waals surface area contributed by atoms with Crippen LogP contribution in [-0.4, -0.2) is 48.4 Å². The smallest absolute Gasteiger partial charge is 0.321 e. The fourth-order valence-corrected chi connectivity index (χ4v) is 3.23. The van der Waals surface area contributed by atoms with Crippen LogP contribution in [0.1, 0.15) is 38.2 Å².